The van der Waals surface area contributed by atoms with Crippen LogP contribution >= 0.6 is 0 Å². The molecular formula is C15H12N2O3. The second-order valence-electron chi connectivity index (χ2n) is 4.93. The Morgan fingerprint density at radius 2 is 2.10 bits per heavy atom. The molecule has 100 valence electrons. The normalized spacial score (nSPS) is 13.9. The van der Waals surface area contributed by atoms with Gasteiger partial charge in [0.05, 0.1) is 5.56 Å². The van der Waals surface area contributed by atoms with E-state index in [0.29, 0.717) is 17.2 Å². The summed E-state index contributed by atoms with van der Waals surface area (Å²) in [4.78, 5) is 10.9. The Morgan fingerprint density at radius 3 is 2.65 bits per heavy atom. The zero-order chi connectivity index (χ0) is 14.3. The van der Waals surface area contributed by atoms with Crippen LogP contribution in [0.1, 0.15) is 40.2 Å². The summed E-state index contributed by atoms with van der Waals surface area (Å²) in [6, 6.07) is 6.53. The van der Waals surface area contributed by atoms with Crippen molar-refractivity contribution in [1.82, 2.24) is 4.57 Å². The molecule has 0 radical (unpaired) electrons. The molecule has 0 saturated heterocycles. The summed E-state index contributed by atoms with van der Waals surface area (Å²) in [5, 5.41) is 27.7. The molecule has 0 unspecified atom stereocenters. The molecule has 1 fully saturated rings. The molecule has 1 aromatic heterocycles. The number of hydrogen-bond acceptors (Lipinski definition) is 3. The lowest BCUT2D eigenvalue weighted by atomic mass is 10.1. The maximum atomic E-state index is 10.9. The quantitative estimate of drug-likeness (QED) is 0.895. The predicted octanol–water partition coefficient (Wildman–Crippen LogP) is 2.63. The van der Waals surface area contributed by atoms with Crippen LogP contribution in [-0.2, 0) is 0 Å². The predicted molar refractivity (Wildman–Crippen MR) is 71.1 cm³/mol. The maximum Gasteiger partial charge on any atom is 0.339 e. The molecule has 1 aliphatic carbocycles. The molecule has 1 saturated carbocycles. The number of carboxylic acid groups (broad SMARTS) is 1. The van der Waals surface area contributed by atoms with E-state index in [9.17, 15) is 9.90 Å². The van der Waals surface area contributed by atoms with E-state index < -0.39 is 5.97 Å². The van der Waals surface area contributed by atoms with Gasteiger partial charge >= 0.3 is 5.97 Å². The minimum Gasteiger partial charge on any atom is -0.507 e. The fourth-order valence-corrected chi connectivity index (χ4v) is 2.29. The van der Waals surface area contributed by atoms with Crippen molar-refractivity contribution in [1.29, 1.82) is 5.26 Å². The van der Waals surface area contributed by atoms with E-state index in [4.69, 9.17) is 10.4 Å². The van der Waals surface area contributed by atoms with Crippen LogP contribution in [0.5, 0.6) is 5.75 Å². The average Bonchev–Trinajstić information content (AvgIpc) is 3.17. The standard InChI is InChI=1S/C15H12N2O3/c16-6-10-7-17(8-13(10)9-1-2-9)11-3-4-12(15(19)20)14(18)5-11/h3-5,7-9,18H,1-2H2,(H,19,20). The van der Waals surface area contributed by atoms with E-state index in [0.717, 1.165) is 18.4 Å². The van der Waals surface area contributed by atoms with Crippen LogP contribution in [0.25, 0.3) is 5.69 Å². The van der Waals surface area contributed by atoms with Crippen LogP contribution in [0, 0.1) is 11.3 Å². The van der Waals surface area contributed by atoms with E-state index >= 15 is 0 Å². The molecule has 0 bridgehead atoms. The molecule has 1 aliphatic rings. The SMILES string of the molecule is N#Cc1cn(-c2ccc(C(=O)O)c(O)c2)cc1C1CC1. The maximum absolute atomic E-state index is 10.9. The molecule has 0 atom stereocenters. The minimum absolute atomic E-state index is 0.135. The first-order chi connectivity index (χ1) is 9.60. The van der Waals surface area contributed by atoms with Gasteiger partial charge in [0.25, 0.3) is 0 Å². The van der Waals surface area contributed by atoms with Crippen LogP contribution in [-0.4, -0.2) is 20.7 Å². The zero-order valence-corrected chi connectivity index (χ0v) is 10.6. The van der Waals surface area contributed by atoms with E-state index in [1.165, 1.54) is 12.1 Å². The second kappa shape index (κ2) is 4.42. The number of carboxylic acids is 1. The first-order valence-electron chi connectivity index (χ1n) is 6.29. The number of aromatic nitrogens is 1. The molecule has 0 aliphatic heterocycles. The summed E-state index contributed by atoms with van der Waals surface area (Å²) in [6.07, 6.45) is 5.79. The van der Waals surface area contributed by atoms with Gasteiger partial charge in [-0.15, -0.1) is 0 Å². The second-order valence-corrected chi connectivity index (χ2v) is 4.93. The van der Waals surface area contributed by atoms with Gasteiger partial charge in [-0.1, -0.05) is 0 Å². The smallest absolute Gasteiger partial charge is 0.339 e. The van der Waals surface area contributed by atoms with Gasteiger partial charge < -0.3 is 14.8 Å². The van der Waals surface area contributed by atoms with E-state index in [1.54, 1.807) is 16.8 Å². The Bertz CT molecular complexity index is 736. The highest BCUT2D eigenvalue weighted by molar-refractivity contribution is 5.91. The molecule has 5 nitrogen and oxygen atoms in total. The Labute approximate surface area is 115 Å². The number of nitriles is 1. The lowest BCUT2D eigenvalue weighted by Crippen LogP contribution is -1.98. The van der Waals surface area contributed by atoms with Crippen molar-refractivity contribution in [3.05, 3.63) is 47.3 Å². The molecule has 0 spiro atoms. The van der Waals surface area contributed by atoms with E-state index in [2.05, 4.69) is 6.07 Å². The summed E-state index contributed by atoms with van der Waals surface area (Å²) in [6.45, 7) is 0. The van der Waals surface area contributed by atoms with Gasteiger partial charge in [0.2, 0.25) is 0 Å². The third kappa shape index (κ3) is 2.01. The van der Waals surface area contributed by atoms with Crippen molar-refractivity contribution in [2.45, 2.75) is 18.8 Å². The molecule has 1 aromatic carbocycles. The van der Waals surface area contributed by atoms with Crippen LogP contribution in [0.2, 0.25) is 0 Å². The van der Waals surface area contributed by atoms with Gasteiger partial charge in [-0.2, -0.15) is 5.26 Å². The zero-order valence-electron chi connectivity index (χ0n) is 10.6. The lowest BCUT2D eigenvalue weighted by molar-refractivity contribution is 0.0694. The van der Waals surface area contributed by atoms with Crippen molar-refractivity contribution in [3.63, 3.8) is 0 Å². The van der Waals surface area contributed by atoms with Crippen LogP contribution < -0.4 is 0 Å². The van der Waals surface area contributed by atoms with E-state index in [1.807, 2.05) is 6.20 Å². The molecular weight excluding hydrogens is 256 g/mol. The number of hydrogen-bond donors (Lipinski definition) is 2. The van der Waals surface area contributed by atoms with Crippen LogP contribution in [0.4, 0.5) is 0 Å². The van der Waals surface area contributed by atoms with Gasteiger partial charge in [-0.25, -0.2) is 4.79 Å². The molecule has 3 rings (SSSR count). The Hall–Kier alpha value is -2.74. The van der Waals surface area contributed by atoms with Gasteiger partial charge in [0.15, 0.2) is 0 Å². The monoisotopic (exact) mass is 268 g/mol. The highest BCUT2D eigenvalue weighted by Gasteiger charge is 2.27. The first-order valence-corrected chi connectivity index (χ1v) is 6.29. The summed E-state index contributed by atoms with van der Waals surface area (Å²) in [5.41, 5.74) is 2.16. The number of benzene rings is 1. The Balaban J connectivity index is 2.03. The Kier molecular flexibility index (Phi) is 2.72. The summed E-state index contributed by atoms with van der Waals surface area (Å²) in [7, 11) is 0. The summed E-state index contributed by atoms with van der Waals surface area (Å²) < 4.78 is 1.75. The van der Waals surface area contributed by atoms with Gasteiger partial charge in [-0.3, -0.25) is 0 Å². The van der Waals surface area contributed by atoms with Crippen LogP contribution in [0.3, 0.4) is 0 Å². The summed E-state index contributed by atoms with van der Waals surface area (Å²) >= 11 is 0. The number of carbonyl (C=O) groups is 1. The minimum atomic E-state index is -1.17. The molecule has 5 heteroatoms. The number of aromatic carboxylic acids is 1. The third-order valence-corrected chi connectivity index (χ3v) is 3.50. The van der Waals surface area contributed by atoms with Crippen molar-refractivity contribution in [2.24, 2.45) is 0 Å². The number of rotatable bonds is 3. The summed E-state index contributed by atoms with van der Waals surface area (Å²) in [5.74, 6) is -0.995. The molecule has 1 heterocycles. The number of aromatic hydroxyl groups is 1. The average molecular weight is 268 g/mol. The first kappa shape index (κ1) is 12.3. The third-order valence-electron chi connectivity index (χ3n) is 3.50. The van der Waals surface area contributed by atoms with Crippen molar-refractivity contribution in [2.75, 3.05) is 0 Å². The lowest BCUT2D eigenvalue weighted by Gasteiger charge is -2.05. The topological polar surface area (TPSA) is 86.2 Å². The Morgan fingerprint density at radius 1 is 1.35 bits per heavy atom. The van der Waals surface area contributed by atoms with Gasteiger partial charge in [0.1, 0.15) is 17.4 Å². The fourth-order valence-electron chi connectivity index (χ4n) is 2.29. The molecule has 20 heavy (non-hydrogen) atoms. The number of nitrogens with zero attached hydrogens (tertiary/aromatic N) is 2. The van der Waals surface area contributed by atoms with Gasteiger partial charge in [0, 0.05) is 24.1 Å². The molecule has 0 amide bonds. The van der Waals surface area contributed by atoms with E-state index in [-0.39, 0.29) is 11.3 Å². The van der Waals surface area contributed by atoms with Crippen molar-refractivity contribution in [3.8, 4) is 17.5 Å². The van der Waals surface area contributed by atoms with Gasteiger partial charge in [-0.05, 0) is 36.5 Å². The molecule has 2 N–H and O–H groups in total. The largest absolute Gasteiger partial charge is 0.507 e. The van der Waals surface area contributed by atoms with Crippen molar-refractivity contribution >= 4 is 5.97 Å². The van der Waals surface area contributed by atoms with Crippen LogP contribution in [0.15, 0.2) is 30.6 Å². The molecule has 2 aromatic rings. The highest BCUT2D eigenvalue weighted by Crippen LogP contribution is 2.42. The van der Waals surface area contributed by atoms with Crippen molar-refractivity contribution < 1.29 is 15.0 Å². The number of phenols is 1. The highest BCUT2D eigenvalue weighted by atomic mass is 16.4. The fraction of sp³-hybridized carbons (Fsp3) is 0.200.